The van der Waals surface area contributed by atoms with E-state index in [0.29, 0.717) is 0 Å². The smallest absolute Gasteiger partial charge is 0.250 e. The van der Waals surface area contributed by atoms with Crippen molar-refractivity contribution in [1.82, 2.24) is 0 Å². The van der Waals surface area contributed by atoms with E-state index in [2.05, 4.69) is 0 Å². The molecule has 4 nitrogen and oxygen atoms in total. The Kier molecular flexibility index (Phi) is 3.79. The lowest BCUT2D eigenvalue weighted by molar-refractivity contribution is -0.116. The van der Waals surface area contributed by atoms with E-state index in [-0.39, 0.29) is 28.4 Å². The Hall–Kier alpha value is -1.68. The van der Waals surface area contributed by atoms with Gasteiger partial charge in [-0.15, -0.1) is 0 Å². The molecule has 0 saturated carbocycles. The molecule has 0 unspecified atom stereocenters. The van der Waals surface area contributed by atoms with E-state index in [1.165, 1.54) is 25.1 Å². The van der Waals surface area contributed by atoms with Crippen molar-refractivity contribution in [1.29, 1.82) is 0 Å². The summed E-state index contributed by atoms with van der Waals surface area (Å²) in [7, 11) is 0. The molecule has 0 atom stereocenters. The predicted octanol–water partition coefficient (Wildman–Crippen LogP) is 1.60. The second kappa shape index (κ2) is 4.90. The number of benzene rings is 1. The highest BCUT2D eigenvalue weighted by Gasteiger charge is 2.16. The zero-order valence-corrected chi connectivity index (χ0v) is 9.38. The molecule has 1 aromatic rings. The van der Waals surface area contributed by atoms with Crippen LogP contribution in [0.25, 0.3) is 0 Å². The van der Waals surface area contributed by atoms with Gasteiger partial charge in [0.15, 0.2) is 5.78 Å². The van der Waals surface area contributed by atoms with Gasteiger partial charge in [-0.25, -0.2) is 0 Å². The summed E-state index contributed by atoms with van der Waals surface area (Å²) in [5, 5.41) is 0.00116. The van der Waals surface area contributed by atoms with Crippen molar-refractivity contribution in [3.05, 3.63) is 34.3 Å². The Morgan fingerprint density at radius 1 is 1.25 bits per heavy atom. The van der Waals surface area contributed by atoms with Crippen LogP contribution in [0.4, 0.5) is 0 Å². The maximum absolute atomic E-state index is 11.6. The third-order valence-corrected chi connectivity index (χ3v) is 2.38. The number of hydrogen-bond acceptors (Lipinski definition) is 3. The molecule has 0 aromatic heterocycles. The van der Waals surface area contributed by atoms with E-state index in [4.69, 9.17) is 17.3 Å². The molecule has 0 saturated heterocycles. The fourth-order valence-corrected chi connectivity index (χ4v) is 1.58. The number of nitrogens with two attached hydrogens (primary N) is 1. The molecule has 0 radical (unpaired) electrons. The van der Waals surface area contributed by atoms with Crippen molar-refractivity contribution < 1.29 is 14.4 Å². The summed E-state index contributed by atoms with van der Waals surface area (Å²) in [6.45, 7) is 1.31. The van der Waals surface area contributed by atoms with Crippen LogP contribution >= 0.6 is 11.6 Å². The minimum Gasteiger partial charge on any atom is -0.366 e. The molecule has 2 N–H and O–H groups in total. The van der Waals surface area contributed by atoms with Crippen LogP contribution in [0.3, 0.4) is 0 Å². The van der Waals surface area contributed by atoms with Gasteiger partial charge in [0, 0.05) is 5.56 Å². The van der Waals surface area contributed by atoms with Crippen LogP contribution in [-0.4, -0.2) is 17.5 Å². The second-order valence-corrected chi connectivity index (χ2v) is 3.71. The molecule has 84 valence electrons. The zero-order chi connectivity index (χ0) is 12.3. The van der Waals surface area contributed by atoms with Gasteiger partial charge in [0.25, 0.3) is 0 Å². The topological polar surface area (TPSA) is 77.2 Å². The molecule has 0 aliphatic heterocycles. The third-order valence-electron chi connectivity index (χ3n) is 1.97. The molecule has 5 heteroatoms. The quantitative estimate of drug-likeness (QED) is 0.640. The lowest BCUT2D eigenvalue weighted by Crippen LogP contribution is -2.14. The van der Waals surface area contributed by atoms with Crippen molar-refractivity contribution in [3.8, 4) is 0 Å². The Balaban J connectivity index is 3.15. The first-order valence-corrected chi connectivity index (χ1v) is 4.92. The molecule has 0 heterocycles. The number of carbonyl (C=O) groups excluding carboxylic acids is 3. The van der Waals surface area contributed by atoms with Crippen molar-refractivity contribution in [3.63, 3.8) is 0 Å². The molecule has 1 aromatic carbocycles. The van der Waals surface area contributed by atoms with Gasteiger partial charge in [-0.2, -0.15) is 0 Å². The second-order valence-electron chi connectivity index (χ2n) is 3.33. The van der Waals surface area contributed by atoms with Crippen molar-refractivity contribution in [2.24, 2.45) is 5.73 Å². The summed E-state index contributed by atoms with van der Waals surface area (Å²) in [4.78, 5) is 33.4. The standard InChI is InChI=1S/C11H10ClNO3/c1-6(14)5-9(15)7-3-2-4-8(10(7)12)11(13)16/h2-4H,5H2,1H3,(H2,13,16). The van der Waals surface area contributed by atoms with Crippen LogP contribution in [0.5, 0.6) is 0 Å². The number of halogens is 1. The van der Waals surface area contributed by atoms with Crippen LogP contribution in [0.2, 0.25) is 5.02 Å². The zero-order valence-electron chi connectivity index (χ0n) is 8.62. The summed E-state index contributed by atoms with van der Waals surface area (Å²) >= 11 is 5.85. The Bertz CT molecular complexity index is 468. The first-order chi connectivity index (χ1) is 7.43. The number of amides is 1. The molecule has 1 amide bonds. The molecule has 0 fully saturated rings. The van der Waals surface area contributed by atoms with Crippen molar-refractivity contribution in [2.45, 2.75) is 13.3 Å². The van der Waals surface area contributed by atoms with Crippen molar-refractivity contribution in [2.75, 3.05) is 0 Å². The van der Waals surface area contributed by atoms with Crippen LogP contribution in [0, 0.1) is 0 Å². The molecule has 0 spiro atoms. The fraction of sp³-hybridized carbons (Fsp3) is 0.182. The monoisotopic (exact) mass is 239 g/mol. The van der Waals surface area contributed by atoms with E-state index < -0.39 is 11.7 Å². The average molecular weight is 240 g/mol. The highest BCUT2D eigenvalue weighted by Crippen LogP contribution is 2.22. The van der Waals surface area contributed by atoms with E-state index in [0.717, 1.165) is 0 Å². The Labute approximate surface area is 97.4 Å². The van der Waals surface area contributed by atoms with E-state index in [9.17, 15) is 14.4 Å². The number of Topliss-reactive ketones (excluding diaryl/α,β-unsaturated/α-hetero) is 2. The molecular formula is C11H10ClNO3. The van der Waals surface area contributed by atoms with Crippen LogP contribution in [-0.2, 0) is 4.79 Å². The normalized spacial score (nSPS) is 9.88. The van der Waals surface area contributed by atoms with Gasteiger partial charge >= 0.3 is 0 Å². The summed E-state index contributed by atoms with van der Waals surface area (Å²) in [6.07, 6.45) is -0.234. The number of primary amides is 1. The van der Waals surface area contributed by atoms with E-state index in [1.807, 2.05) is 0 Å². The lowest BCUT2D eigenvalue weighted by Gasteiger charge is -2.05. The van der Waals surface area contributed by atoms with Crippen LogP contribution < -0.4 is 5.73 Å². The first-order valence-electron chi connectivity index (χ1n) is 4.54. The number of ketones is 2. The van der Waals surface area contributed by atoms with Gasteiger partial charge in [0.2, 0.25) is 5.91 Å². The molecule has 1 rings (SSSR count). The van der Waals surface area contributed by atoms with Gasteiger partial charge in [0.05, 0.1) is 17.0 Å². The van der Waals surface area contributed by atoms with Gasteiger partial charge in [-0.1, -0.05) is 17.7 Å². The molecule has 0 bridgehead atoms. The molecular weight excluding hydrogens is 230 g/mol. The summed E-state index contributed by atoms with van der Waals surface area (Å²) in [5.74, 6) is -1.38. The van der Waals surface area contributed by atoms with Crippen LogP contribution in [0.1, 0.15) is 34.1 Å². The number of carbonyl (C=O) groups is 3. The highest BCUT2D eigenvalue weighted by atomic mass is 35.5. The van der Waals surface area contributed by atoms with Crippen molar-refractivity contribution >= 4 is 29.1 Å². The summed E-state index contributed by atoms with van der Waals surface area (Å²) < 4.78 is 0. The van der Waals surface area contributed by atoms with Crippen LogP contribution in [0.15, 0.2) is 18.2 Å². The van der Waals surface area contributed by atoms with E-state index in [1.54, 1.807) is 0 Å². The third kappa shape index (κ3) is 2.67. The maximum atomic E-state index is 11.6. The Morgan fingerprint density at radius 2 is 1.81 bits per heavy atom. The summed E-state index contributed by atoms with van der Waals surface area (Å²) in [5.41, 5.74) is 5.31. The van der Waals surface area contributed by atoms with Gasteiger partial charge < -0.3 is 5.73 Å². The number of hydrogen-bond donors (Lipinski definition) is 1. The minimum atomic E-state index is -0.706. The molecule has 0 aliphatic carbocycles. The predicted molar refractivity (Wildman–Crippen MR) is 59.6 cm³/mol. The first kappa shape index (κ1) is 12.4. The maximum Gasteiger partial charge on any atom is 0.250 e. The molecule has 0 aliphatic rings. The lowest BCUT2D eigenvalue weighted by atomic mass is 10.0. The SMILES string of the molecule is CC(=O)CC(=O)c1cccc(C(N)=O)c1Cl. The Morgan fingerprint density at radius 3 is 2.31 bits per heavy atom. The molecule has 16 heavy (non-hydrogen) atoms. The minimum absolute atomic E-state index is 0.00116. The largest absolute Gasteiger partial charge is 0.366 e. The average Bonchev–Trinajstić information content (AvgIpc) is 2.16. The number of rotatable bonds is 4. The van der Waals surface area contributed by atoms with E-state index >= 15 is 0 Å². The van der Waals surface area contributed by atoms with Gasteiger partial charge in [0.1, 0.15) is 5.78 Å². The van der Waals surface area contributed by atoms with Gasteiger partial charge in [-0.05, 0) is 19.1 Å². The fourth-order valence-electron chi connectivity index (χ4n) is 1.26. The highest BCUT2D eigenvalue weighted by molar-refractivity contribution is 6.37. The van der Waals surface area contributed by atoms with Gasteiger partial charge in [-0.3, -0.25) is 14.4 Å². The summed E-state index contributed by atoms with van der Waals surface area (Å²) in [6, 6.07) is 4.38.